The van der Waals surface area contributed by atoms with Crippen LogP contribution < -0.4 is 0 Å². The van der Waals surface area contributed by atoms with Crippen LogP contribution in [0.15, 0.2) is 11.8 Å². The number of hydrogen-bond acceptors (Lipinski definition) is 2. The zero-order chi connectivity index (χ0) is 6.57. The third-order valence-electron chi connectivity index (χ3n) is 0.507. The van der Waals surface area contributed by atoms with Crippen molar-refractivity contribution in [2.75, 3.05) is 6.67 Å². The van der Waals surface area contributed by atoms with Crippen molar-refractivity contribution >= 4 is 5.78 Å². The average molecular weight is 118 g/mol. The Morgan fingerprint density at radius 3 is 2.50 bits per heavy atom. The largest absolute Gasteiger partial charge is 0.509 e. The Labute approximate surface area is 46.6 Å². The molecule has 0 saturated heterocycles. The summed E-state index contributed by atoms with van der Waals surface area (Å²) < 4.78 is 11.3. The highest BCUT2D eigenvalue weighted by Crippen LogP contribution is 1.87. The summed E-state index contributed by atoms with van der Waals surface area (Å²) in [7, 11) is 0. The van der Waals surface area contributed by atoms with Crippen molar-refractivity contribution in [1.82, 2.24) is 0 Å². The fourth-order valence-electron chi connectivity index (χ4n) is 0.273. The molecule has 0 aromatic heterocycles. The number of aliphatic hydroxyl groups excluding tert-OH is 1. The summed E-state index contributed by atoms with van der Waals surface area (Å²) in [5.41, 5.74) is 0. The van der Waals surface area contributed by atoms with Crippen molar-refractivity contribution in [2.24, 2.45) is 0 Å². The maximum atomic E-state index is 11.3. The van der Waals surface area contributed by atoms with Crippen LogP contribution in [0.3, 0.4) is 0 Å². The minimum absolute atomic E-state index is 0.347. The lowest BCUT2D eigenvalue weighted by molar-refractivity contribution is -0.112. The second kappa shape index (κ2) is 3.18. The summed E-state index contributed by atoms with van der Waals surface area (Å²) in [6, 6.07) is 0. The van der Waals surface area contributed by atoms with Gasteiger partial charge < -0.3 is 5.11 Å². The van der Waals surface area contributed by atoms with Crippen molar-refractivity contribution in [3.63, 3.8) is 0 Å². The number of hydrogen-bond donors (Lipinski definition) is 1. The van der Waals surface area contributed by atoms with Crippen LogP contribution in [-0.4, -0.2) is 17.6 Å². The Bertz CT molecular complexity index is 118. The van der Waals surface area contributed by atoms with Crippen LogP contribution in [0.1, 0.15) is 6.92 Å². The number of carbonyl (C=O) groups is 1. The lowest BCUT2D eigenvalue weighted by Gasteiger charge is -1.85. The predicted octanol–water partition coefficient (Wildman–Crippen LogP) is 0.987. The summed E-state index contributed by atoms with van der Waals surface area (Å²) in [6.45, 7) is 0.269. The topological polar surface area (TPSA) is 37.3 Å². The van der Waals surface area contributed by atoms with Gasteiger partial charge in [0.25, 0.3) is 0 Å². The smallest absolute Gasteiger partial charge is 0.156 e. The van der Waals surface area contributed by atoms with Gasteiger partial charge >= 0.3 is 0 Å². The maximum Gasteiger partial charge on any atom is 0.156 e. The molecule has 0 unspecified atom stereocenters. The SMILES string of the molecule is CC(=O)/C=C(\O)CF. The number of ketones is 1. The van der Waals surface area contributed by atoms with Crippen LogP contribution in [0.5, 0.6) is 0 Å². The van der Waals surface area contributed by atoms with E-state index in [-0.39, 0.29) is 5.78 Å². The monoisotopic (exact) mass is 118 g/mol. The zero-order valence-electron chi connectivity index (χ0n) is 4.52. The molecule has 0 aromatic rings. The number of alkyl halides is 1. The second-order valence-electron chi connectivity index (χ2n) is 1.38. The van der Waals surface area contributed by atoms with E-state index < -0.39 is 12.4 Å². The van der Waals surface area contributed by atoms with E-state index in [0.29, 0.717) is 0 Å². The van der Waals surface area contributed by atoms with Gasteiger partial charge in [-0.1, -0.05) is 0 Å². The Balaban J connectivity index is 3.75. The molecule has 0 heterocycles. The molecule has 0 aliphatic carbocycles. The van der Waals surface area contributed by atoms with Crippen molar-refractivity contribution in [2.45, 2.75) is 6.92 Å². The average Bonchev–Trinajstić information content (AvgIpc) is 1.65. The lowest BCUT2D eigenvalue weighted by atomic mass is 10.4. The number of rotatable bonds is 2. The van der Waals surface area contributed by atoms with Crippen LogP contribution in [-0.2, 0) is 4.79 Å². The molecule has 0 radical (unpaired) electrons. The Hall–Kier alpha value is -0.860. The van der Waals surface area contributed by atoms with Crippen LogP contribution in [0, 0.1) is 0 Å². The van der Waals surface area contributed by atoms with E-state index in [0.717, 1.165) is 6.08 Å². The minimum Gasteiger partial charge on any atom is -0.509 e. The van der Waals surface area contributed by atoms with Crippen LogP contribution >= 0.6 is 0 Å². The van der Waals surface area contributed by atoms with E-state index in [2.05, 4.69) is 0 Å². The summed E-state index contributed by atoms with van der Waals surface area (Å²) >= 11 is 0. The van der Waals surface area contributed by atoms with E-state index in [1.54, 1.807) is 0 Å². The fraction of sp³-hybridized carbons (Fsp3) is 0.400. The first-order valence-electron chi connectivity index (χ1n) is 2.13. The predicted molar refractivity (Wildman–Crippen MR) is 27.4 cm³/mol. The van der Waals surface area contributed by atoms with E-state index >= 15 is 0 Å². The zero-order valence-corrected chi connectivity index (χ0v) is 4.52. The molecular weight excluding hydrogens is 111 g/mol. The first-order chi connectivity index (χ1) is 3.66. The van der Waals surface area contributed by atoms with E-state index in [9.17, 15) is 9.18 Å². The van der Waals surface area contributed by atoms with Gasteiger partial charge in [-0.05, 0) is 6.92 Å². The number of allylic oxidation sites excluding steroid dienone is 2. The van der Waals surface area contributed by atoms with E-state index in [1.807, 2.05) is 0 Å². The molecule has 0 atom stereocenters. The van der Waals surface area contributed by atoms with Crippen LogP contribution in [0.25, 0.3) is 0 Å². The quantitative estimate of drug-likeness (QED) is 0.433. The molecule has 0 amide bonds. The molecule has 0 saturated carbocycles. The highest BCUT2D eigenvalue weighted by Gasteiger charge is 1.90. The molecule has 0 aliphatic heterocycles. The Morgan fingerprint density at radius 2 is 2.38 bits per heavy atom. The van der Waals surface area contributed by atoms with Crippen molar-refractivity contribution < 1.29 is 14.3 Å². The van der Waals surface area contributed by atoms with Crippen LogP contribution in [0.2, 0.25) is 0 Å². The van der Waals surface area contributed by atoms with Gasteiger partial charge in [0.15, 0.2) is 5.78 Å². The van der Waals surface area contributed by atoms with Gasteiger partial charge in [-0.3, -0.25) is 4.79 Å². The van der Waals surface area contributed by atoms with Crippen molar-refractivity contribution in [3.05, 3.63) is 11.8 Å². The molecule has 0 spiro atoms. The van der Waals surface area contributed by atoms with E-state index in [4.69, 9.17) is 5.11 Å². The second-order valence-corrected chi connectivity index (χ2v) is 1.38. The van der Waals surface area contributed by atoms with Gasteiger partial charge in [0.05, 0.1) is 0 Å². The summed E-state index contributed by atoms with van der Waals surface area (Å²) in [4.78, 5) is 10.0. The van der Waals surface area contributed by atoms with Crippen molar-refractivity contribution in [1.29, 1.82) is 0 Å². The summed E-state index contributed by atoms with van der Waals surface area (Å²) in [5, 5.41) is 8.29. The molecule has 3 heteroatoms. The lowest BCUT2D eigenvalue weighted by Crippen LogP contribution is -1.88. The van der Waals surface area contributed by atoms with Crippen molar-refractivity contribution in [3.8, 4) is 0 Å². The molecule has 0 rings (SSSR count). The molecule has 8 heavy (non-hydrogen) atoms. The number of carbonyl (C=O) groups excluding carboxylic acids is 1. The van der Waals surface area contributed by atoms with Gasteiger partial charge in [0.1, 0.15) is 12.4 Å². The normalized spacial score (nSPS) is 11.5. The highest BCUT2D eigenvalue weighted by atomic mass is 19.1. The fourth-order valence-corrected chi connectivity index (χ4v) is 0.273. The highest BCUT2D eigenvalue weighted by molar-refractivity contribution is 5.87. The molecule has 0 bridgehead atoms. The molecule has 0 aliphatic rings. The van der Waals surface area contributed by atoms with E-state index in [1.165, 1.54) is 6.92 Å². The first-order valence-corrected chi connectivity index (χ1v) is 2.13. The molecule has 1 N–H and O–H groups in total. The molecule has 0 aromatic carbocycles. The van der Waals surface area contributed by atoms with Gasteiger partial charge in [-0.25, -0.2) is 4.39 Å². The van der Waals surface area contributed by atoms with Crippen LogP contribution in [0.4, 0.5) is 4.39 Å². The molecule has 0 fully saturated rings. The van der Waals surface area contributed by atoms with Gasteiger partial charge in [-0.2, -0.15) is 0 Å². The molecule has 2 nitrogen and oxygen atoms in total. The summed E-state index contributed by atoms with van der Waals surface area (Å²) in [6.07, 6.45) is 0.847. The third-order valence-corrected chi connectivity index (χ3v) is 0.507. The van der Waals surface area contributed by atoms with Gasteiger partial charge in [-0.15, -0.1) is 0 Å². The first kappa shape index (κ1) is 7.14. The third kappa shape index (κ3) is 3.33. The minimum atomic E-state index is -0.973. The summed E-state index contributed by atoms with van der Waals surface area (Å²) in [5.74, 6) is -0.863. The Kier molecular flexibility index (Phi) is 2.84. The molecular formula is C5H7FO2. The number of halogens is 1. The maximum absolute atomic E-state index is 11.3. The van der Waals surface area contributed by atoms with Gasteiger partial charge in [0, 0.05) is 6.08 Å². The van der Waals surface area contributed by atoms with Gasteiger partial charge in [0.2, 0.25) is 0 Å². The standard InChI is InChI=1S/C5H7FO2/c1-4(7)2-5(8)3-6/h2,8H,3H2,1H3/b5-2-. The number of aliphatic hydroxyl groups is 1. The molecule has 46 valence electrons. The Morgan fingerprint density at radius 1 is 1.88 bits per heavy atom.